The molecule has 1 unspecified atom stereocenters. The molecule has 0 N–H and O–H groups in total. The second-order valence-corrected chi connectivity index (χ2v) is 8.41. The van der Waals surface area contributed by atoms with E-state index in [1.165, 1.54) is 48.5 Å². The van der Waals surface area contributed by atoms with Gasteiger partial charge in [0.2, 0.25) is 5.91 Å². The van der Waals surface area contributed by atoms with Crippen LogP contribution in [0, 0.1) is 16.0 Å². The summed E-state index contributed by atoms with van der Waals surface area (Å²) < 4.78 is 10.4. The van der Waals surface area contributed by atoms with Gasteiger partial charge in [0, 0.05) is 37.2 Å². The van der Waals surface area contributed by atoms with Crippen LogP contribution in [0.5, 0.6) is 5.75 Å². The lowest BCUT2D eigenvalue weighted by Crippen LogP contribution is -2.27. The van der Waals surface area contributed by atoms with Gasteiger partial charge in [0.05, 0.1) is 16.4 Å². The summed E-state index contributed by atoms with van der Waals surface area (Å²) in [6.07, 6.45) is 0.0364. The number of carbonyl (C=O) groups excluding carboxylic acids is 4. The van der Waals surface area contributed by atoms with E-state index >= 15 is 0 Å². The average Bonchev–Trinajstić information content (AvgIpc) is 3.28. The molecule has 1 amide bonds. The van der Waals surface area contributed by atoms with Crippen molar-refractivity contribution < 1.29 is 33.6 Å². The van der Waals surface area contributed by atoms with Crippen LogP contribution >= 0.6 is 0 Å². The predicted molar refractivity (Wildman–Crippen MR) is 130 cm³/mol. The molecule has 3 aromatic carbocycles. The molecule has 3 aromatic rings. The van der Waals surface area contributed by atoms with Gasteiger partial charge in [0.1, 0.15) is 5.75 Å². The SMILES string of the molecule is O=C(COC(=O)C1CC(=O)N(Cc2ccccc2)C1)c1ccc(OC(=O)c2ccc([N+](=O)[O-])cc2)cc1. The van der Waals surface area contributed by atoms with Crippen molar-refractivity contribution in [3.63, 3.8) is 0 Å². The quantitative estimate of drug-likeness (QED) is 0.143. The first-order chi connectivity index (χ1) is 17.8. The molecular weight excluding hydrogens is 480 g/mol. The third-order valence-electron chi connectivity index (χ3n) is 5.81. The highest BCUT2D eigenvalue weighted by atomic mass is 16.6. The molecular formula is C27H22N2O8. The van der Waals surface area contributed by atoms with Gasteiger partial charge in [-0.2, -0.15) is 0 Å². The molecule has 1 aliphatic rings. The topological polar surface area (TPSA) is 133 Å². The van der Waals surface area contributed by atoms with Crippen LogP contribution in [0.4, 0.5) is 5.69 Å². The molecule has 0 saturated carbocycles. The van der Waals surface area contributed by atoms with Gasteiger partial charge in [-0.15, -0.1) is 0 Å². The number of carbonyl (C=O) groups is 4. The number of Topliss-reactive ketones (excluding diaryl/α,β-unsaturated/α-hetero) is 1. The van der Waals surface area contributed by atoms with E-state index in [4.69, 9.17) is 9.47 Å². The Bertz CT molecular complexity index is 1320. The van der Waals surface area contributed by atoms with Gasteiger partial charge in [-0.1, -0.05) is 30.3 Å². The van der Waals surface area contributed by atoms with Crippen LogP contribution in [0.25, 0.3) is 0 Å². The van der Waals surface area contributed by atoms with Crippen molar-refractivity contribution in [1.82, 2.24) is 4.90 Å². The molecule has 0 aliphatic carbocycles. The molecule has 37 heavy (non-hydrogen) atoms. The minimum absolute atomic E-state index is 0.0364. The summed E-state index contributed by atoms with van der Waals surface area (Å²) in [5.74, 6) is -2.38. The number of amides is 1. The van der Waals surface area contributed by atoms with E-state index in [9.17, 15) is 29.3 Å². The molecule has 0 radical (unpaired) electrons. The molecule has 1 saturated heterocycles. The number of ketones is 1. The predicted octanol–water partition coefficient (Wildman–Crippen LogP) is 3.59. The van der Waals surface area contributed by atoms with Gasteiger partial charge < -0.3 is 14.4 Å². The lowest BCUT2D eigenvalue weighted by Gasteiger charge is -2.16. The summed E-state index contributed by atoms with van der Waals surface area (Å²) in [7, 11) is 0. The maximum atomic E-state index is 12.5. The number of nitro benzene ring substituents is 1. The molecule has 10 heteroatoms. The van der Waals surface area contributed by atoms with Crippen LogP contribution in [-0.2, 0) is 20.9 Å². The molecule has 10 nitrogen and oxygen atoms in total. The molecule has 0 bridgehead atoms. The first-order valence-corrected chi connectivity index (χ1v) is 11.4. The summed E-state index contributed by atoms with van der Waals surface area (Å²) >= 11 is 0. The first-order valence-electron chi connectivity index (χ1n) is 11.4. The second kappa shape index (κ2) is 11.3. The summed E-state index contributed by atoms with van der Waals surface area (Å²) in [6, 6.07) is 20.1. The number of nitro groups is 1. The van der Waals surface area contributed by atoms with Crippen molar-refractivity contribution in [1.29, 1.82) is 0 Å². The highest BCUT2D eigenvalue weighted by molar-refractivity contribution is 5.98. The van der Waals surface area contributed by atoms with E-state index < -0.39 is 35.2 Å². The minimum Gasteiger partial charge on any atom is -0.457 e. The van der Waals surface area contributed by atoms with Gasteiger partial charge in [-0.05, 0) is 42.0 Å². The molecule has 1 atom stereocenters. The van der Waals surface area contributed by atoms with Crippen LogP contribution in [0.15, 0.2) is 78.9 Å². The Hall–Kier alpha value is -4.86. The maximum Gasteiger partial charge on any atom is 0.343 e. The summed E-state index contributed by atoms with van der Waals surface area (Å²) in [4.78, 5) is 61.1. The van der Waals surface area contributed by atoms with E-state index in [1.807, 2.05) is 30.3 Å². The number of hydrogen-bond acceptors (Lipinski definition) is 8. The summed E-state index contributed by atoms with van der Waals surface area (Å²) in [6.45, 7) is 0.156. The van der Waals surface area contributed by atoms with Crippen LogP contribution < -0.4 is 4.74 Å². The zero-order valence-corrected chi connectivity index (χ0v) is 19.6. The van der Waals surface area contributed by atoms with E-state index in [0.29, 0.717) is 6.54 Å². The Labute approximate surface area is 211 Å². The number of esters is 2. The van der Waals surface area contributed by atoms with Crippen molar-refractivity contribution in [2.45, 2.75) is 13.0 Å². The van der Waals surface area contributed by atoms with E-state index in [-0.39, 0.29) is 41.4 Å². The van der Waals surface area contributed by atoms with Crippen molar-refractivity contribution in [2.75, 3.05) is 13.2 Å². The van der Waals surface area contributed by atoms with Crippen molar-refractivity contribution in [2.24, 2.45) is 5.92 Å². The second-order valence-electron chi connectivity index (χ2n) is 8.41. The Kier molecular flexibility index (Phi) is 7.68. The lowest BCUT2D eigenvalue weighted by molar-refractivity contribution is -0.384. The molecule has 0 spiro atoms. The van der Waals surface area contributed by atoms with Crippen LogP contribution in [-0.4, -0.2) is 46.6 Å². The van der Waals surface area contributed by atoms with Crippen molar-refractivity contribution in [3.8, 4) is 5.75 Å². The number of rotatable bonds is 9. The zero-order chi connectivity index (χ0) is 26.4. The fourth-order valence-electron chi connectivity index (χ4n) is 3.82. The largest absolute Gasteiger partial charge is 0.457 e. The molecule has 1 aliphatic heterocycles. The number of ether oxygens (including phenoxy) is 2. The summed E-state index contributed by atoms with van der Waals surface area (Å²) in [5, 5.41) is 10.7. The number of nitrogens with zero attached hydrogens (tertiary/aromatic N) is 2. The van der Waals surface area contributed by atoms with Gasteiger partial charge >= 0.3 is 11.9 Å². The number of likely N-dealkylation sites (tertiary alicyclic amines) is 1. The Balaban J connectivity index is 1.26. The zero-order valence-electron chi connectivity index (χ0n) is 19.6. The molecule has 188 valence electrons. The standard InChI is InChI=1S/C27H22N2O8/c30-24(17-36-26(32)21-14-25(31)28(16-21)15-18-4-2-1-3-5-18)19-8-12-23(13-9-19)37-27(33)20-6-10-22(11-7-20)29(34)35/h1-13,21H,14-17H2. The Morgan fingerprint density at radius 3 is 2.22 bits per heavy atom. The monoisotopic (exact) mass is 502 g/mol. The number of non-ortho nitro benzene ring substituents is 1. The third-order valence-corrected chi connectivity index (χ3v) is 5.81. The summed E-state index contributed by atoms with van der Waals surface area (Å²) in [5.41, 5.74) is 1.19. The highest BCUT2D eigenvalue weighted by Crippen LogP contribution is 2.22. The molecule has 1 heterocycles. The smallest absolute Gasteiger partial charge is 0.343 e. The van der Waals surface area contributed by atoms with E-state index in [2.05, 4.69) is 0 Å². The van der Waals surface area contributed by atoms with Gasteiger partial charge in [0.15, 0.2) is 12.4 Å². The van der Waals surface area contributed by atoms with E-state index in [0.717, 1.165) is 5.56 Å². The van der Waals surface area contributed by atoms with Crippen LogP contribution in [0.2, 0.25) is 0 Å². The normalized spacial score (nSPS) is 14.8. The molecule has 0 aromatic heterocycles. The molecule has 4 rings (SSSR count). The lowest BCUT2D eigenvalue weighted by atomic mass is 10.1. The first kappa shape index (κ1) is 25.2. The minimum atomic E-state index is -0.713. The van der Waals surface area contributed by atoms with Gasteiger partial charge in [-0.25, -0.2) is 4.79 Å². The maximum absolute atomic E-state index is 12.5. The fourth-order valence-corrected chi connectivity index (χ4v) is 3.82. The van der Waals surface area contributed by atoms with Gasteiger partial charge in [-0.3, -0.25) is 24.5 Å². The Morgan fingerprint density at radius 1 is 0.919 bits per heavy atom. The Morgan fingerprint density at radius 2 is 1.57 bits per heavy atom. The third kappa shape index (κ3) is 6.43. The van der Waals surface area contributed by atoms with E-state index in [1.54, 1.807) is 4.90 Å². The fraction of sp³-hybridized carbons (Fsp3) is 0.185. The highest BCUT2D eigenvalue weighted by Gasteiger charge is 2.35. The van der Waals surface area contributed by atoms with Crippen LogP contribution in [0.1, 0.15) is 32.7 Å². The number of benzene rings is 3. The van der Waals surface area contributed by atoms with Gasteiger partial charge in [0.25, 0.3) is 5.69 Å². The van der Waals surface area contributed by atoms with Crippen molar-refractivity contribution in [3.05, 3.63) is 106 Å². The number of hydrogen-bond donors (Lipinski definition) is 0. The van der Waals surface area contributed by atoms with Crippen LogP contribution in [0.3, 0.4) is 0 Å². The van der Waals surface area contributed by atoms with Crippen molar-refractivity contribution >= 4 is 29.3 Å². The average molecular weight is 502 g/mol. The molecule has 1 fully saturated rings.